The van der Waals surface area contributed by atoms with Crippen molar-refractivity contribution in [2.24, 2.45) is 5.73 Å². The number of rotatable bonds is 3. The van der Waals surface area contributed by atoms with Crippen LogP contribution in [0.3, 0.4) is 0 Å². The third kappa shape index (κ3) is 2.32. The normalized spacial score (nSPS) is 22.4. The fraction of sp³-hybridized carbons (Fsp3) is 0.400. The number of nitrogens with two attached hydrogens (primary N) is 1. The Morgan fingerprint density at radius 2 is 2.35 bits per heavy atom. The molecule has 3 N–H and O–H groups in total. The van der Waals surface area contributed by atoms with Crippen molar-refractivity contribution in [2.75, 3.05) is 5.32 Å². The van der Waals surface area contributed by atoms with E-state index in [9.17, 15) is 10.1 Å². The molecule has 1 heterocycles. The lowest BCUT2D eigenvalue weighted by Crippen LogP contribution is -2.44. The molecule has 7 nitrogen and oxygen atoms in total. The van der Waals surface area contributed by atoms with Gasteiger partial charge in [0.05, 0.1) is 4.92 Å². The Bertz CT molecular complexity index is 490. The van der Waals surface area contributed by atoms with E-state index in [-0.39, 0.29) is 23.3 Å². The van der Waals surface area contributed by atoms with Gasteiger partial charge in [-0.2, -0.15) is 5.26 Å². The molecule has 0 atom stereocenters. The molecular formula is C10H11N5O2. The molecule has 0 aromatic carbocycles. The summed E-state index contributed by atoms with van der Waals surface area (Å²) in [5.74, 6) is 0.384. The summed E-state index contributed by atoms with van der Waals surface area (Å²) in [5.41, 5.74) is 5.64. The minimum Gasteiger partial charge on any atom is -0.366 e. The van der Waals surface area contributed by atoms with Crippen LogP contribution in [-0.4, -0.2) is 22.0 Å². The number of anilines is 1. The first kappa shape index (κ1) is 11.3. The van der Waals surface area contributed by atoms with Gasteiger partial charge in [0.1, 0.15) is 23.6 Å². The molecule has 1 aliphatic rings. The van der Waals surface area contributed by atoms with Crippen LogP contribution < -0.4 is 11.1 Å². The summed E-state index contributed by atoms with van der Waals surface area (Å²) in [5, 5.41) is 22.5. The minimum atomic E-state index is -0.573. The average molecular weight is 233 g/mol. The van der Waals surface area contributed by atoms with Crippen molar-refractivity contribution >= 4 is 11.5 Å². The molecule has 0 unspecified atom stereocenters. The molecule has 1 saturated carbocycles. The molecule has 88 valence electrons. The summed E-state index contributed by atoms with van der Waals surface area (Å²) >= 11 is 0. The molecule has 1 aromatic heterocycles. The monoisotopic (exact) mass is 233 g/mol. The van der Waals surface area contributed by atoms with Crippen LogP contribution in [0.5, 0.6) is 0 Å². The Morgan fingerprint density at radius 1 is 1.65 bits per heavy atom. The van der Waals surface area contributed by atoms with Crippen molar-refractivity contribution < 1.29 is 4.92 Å². The molecule has 0 saturated heterocycles. The fourth-order valence-corrected chi connectivity index (χ4v) is 1.73. The van der Waals surface area contributed by atoms with Gasteiger partial charge in [-0.15, -0.1) is 0 Å². The molecule has 7 heteroatoms. The van der Waals surface area contributed by atoms with Gasteiger partial charge in [0.2, 0.25) is 0 Å². The van der Waals surface area contributed by atoms with E-state index in [1.807, 2.05) is 6.07 Å². The van der Waals surface area contributed by atoms with E-state index < -0.39 is 4.92 Å². The van der Waals surface area contributed by atoms with Gasteiger partial charge in [0.25, 0.3) is 5.69 Å². The lowest BCUT2D eigenvalue weighted by molar-refractivity contribution is -0.385. The summed E-state index contributed by atoms with van der Waals surface area (Å²) in [4.78, 5) is 13.9. The molecule has 0 bridgehead atoms. The molecular weight excluding hydrogens is 222 g/mol. The molecule has 0 spiro atoms. The Morgan fingerprint density at radius 3 is 2.88 bits per heavy atom. The van der Waals surface area contributed by atoms with Crippen LogP contribution in [0, 0.1) is 21.4 Å². The number of nitro groups is 1. The first-order chi connectivity index (χ1) is 8.10. The maximum atomic E-state index is 10.5. The third-order valence-corrected chi connectivity index (χ3v) is 2.72. The third-order valence-electron chi connectivity index (χ3n) is 2.72. The van der Waals surface area contributed by atoms with Crippen LogP contribution >= 0.6 is 0 Å². The van der Waals surface area contributed by atoms with E-state index in [1.165, 1.54) is 6.07 Å². The molecule has 0 radical (unpaired) electrons. The zero-order chi connectivity index (χ0) is 12.4. The SMILES string of the molecule is N#Cc1cc([N+](=O)[O-])cnc1NC1CC(N)C1. The van der Waals surface area contributed by atoms with Crippen molar-refractivity contribution in [1.29, 1.82) is 5.26 Å². The van der Waals surface area contributed by atoms with E-state index >= 15 is 0 Å². The molecule has 1 aromatic rings. The van der Waals surface area contributed by atoms with E-state index in [4.69, 9.17) is 11.0 Å². The smallest absolute Gasteiger partial charge is 0.289 e. The summed E-state index contributed by atoms with van der Waals surface area (Å²) in [6.45, 7) is 0. The number of aromatic nitrogens is 1. The van der Waals surface area contributed by atoms with Crippen molar-refractivity contribution in [3.8, 4) is 6.07 Å². The van der Waals surface area contributed by atoms with Crippen LogP contribution in [-0.2, 0) is 0 Å². The number of nitriles is 1. The van der Waals surface area contributed by atoms with Crippen LogP contribution in [0.2, 0.25) is 0 Å². The van der Waals surface area contributed by atoms with Gasteiger partial charge in [-0.05, 0) is 12.8 Å². The lowest BCUT2D eigenvalue weighted by atomic mass is 9.87. The number of hydrogen-bond donors (Lipinski definition) is 2. The molecule has 0 aliphatic heterocycles. The highest BCUT2D eigenvalue weighted by Gasteiger charge is 2.27. The molecule has 0 amide bonds. The van der Waals surface area contributed by atoms with E-state index in [2.05, 4.69) is 10.3 Å². The minimum absolute atomic E-state index is 0.180. The first-order valence-corrected chi connectivity index (χ1v) is 5.17. The van der Waals surface area contributed by atoms with Crippen molar-refractivity contribution in [1.82, 2.24) is 4.98 Å². The second kappa shape index (κ2) is 4.35. The maximum Gasteiger partial charge on any atom is 0.289 e. The highest BCUT2D eigenvalue weighted by molar-refractivity contribution is 5.56. The topological polar surface area (TPSA) is 118 Å². The van der Waals surface area contributed by atoms with Crippen molar-refractivity contribution in [3.05, 3.63) is 27.9 Å². The Hall–Kier alpha value is -2.20. The zero-order valence-corrected chi connectivity index (χ0v) is 8.96. The first-order valence-electron chi connectivity index (χ1n) is 5.17. The van der Waals surface area contributed by atoms with Crippen LogP contribution in [0.1, 0.15) is 18.4 Å². The molecule has 1 aliphatic carbocycles. The standard InChI is InChI=1S/C10H11N5O2/c11-4-6-1-9(15(16)17)5-13-10(6)14-8-2-7(12)3-8/h1,5,7-8H,2-3,12H2,(H,13,14). The highest BCUT2D eigenvalue weighted by Crippen LogP contribution is 2.24. The Labute approximate surface area is 97.4 Å². The highest BCUT2D eigenvalue weighted by atomic mass is 16.6. The zero-order valence-electron chi connectivity index (χ0n) is 8.96. The quantitative estimate of drug-likeness (QED) is 0.587. The largest absolute Gasteiger partial charge is 0.366 e. The summed E-state index contributed by atoms with van der Waals surface area (Å²) in [7, 11) is 0. The van der Waals surface area contributed by atoms with Gasteiger partial charge in [0.15, 0.2) is 0 Å². The van der Waals surface area contributed by atoms with Gasteiger partial charge < -0.3 is 11.1 Å². The van der Waals surface area contributed by atoms with Crippen LogP contribution in [0.15, 0.2) is 12.3 Å². The average Bonchev–Trinajstić information content (AvgIpc) is 2.27. The Kier molecular flexibility index (Phi) is 2.89. The number of nitrogens with zero attached hydrogens (tertiary/aromatic N) is 3. The Balaban J connectivity index is 2.17. The number of pyridine rings is 1. The van der Waals surface area contributed by atoms with Gasteiger partial charge >= 0.3 is 0 Å². The number of hydrogen-bond acceptors (Lipinski definition) is 6. The van der Waals surface area contributed by atoms with Crippen molar-refractivity contribution in [2.45, 2.75) is 24.9 Å². The molecule has 2 rings (SSSR count). The van der Waals surface area contributed by atoms with E-state index in [0.29, 0.717) is 5.82 Å². The maximum absolute atomic E-state index is 10.5. The van der Waals surface area contributed by atoms with E-state index in [0.717, 1.165) is 19.0 Å². The van der Waals surface area contributed by atoms with Gasteiger partial charge in [-0.25, -0.2) is 4.98 Å². The van der Waals surface area contributed by atoms with Gasteiger partial charge in [-0.1, -0.05) is 0 Å². The van der Waals surface area contributed by atoms with Gasteiger partial charge in [-0.3, -0.25) is 10.1 Å². The molecule has 1 fully saturated rings. The molecule has 17 heavy (non-hydrogen) atoms. The summed E-state index contributed by atoms with van der Waals surface area (Å²) in [6, 6.07) is 3.50. The summed E-state index contributed by atoms with van der Waals surface area (Å²) in [6.07, 6.45) is 2.79. The van der Waals surface area contributed by atoms with E-state index in [1.54, 1.807) is 0 Å². The van der Waals surface area contributed by atoms with Crippen molar-refractivity contribution in [3.63, 3.8) is 0 Å². The number of nitrogens with one attached hydrogen (secondary N) is 1. The summed E-state index contributed by atoms with van der Waals surface area (Å²) < 4.78 is 0. The second-order valence-corrected chi connectivity index (χ2v) is 4.03. The second-order valence-electron chi connectivity index (χ2n) is 4.03. The van der Waals surface area contributed by atoms with Gasteiger partial charge in [0, 0.05) is 18.2 Å². The predicted octanol–water partition coefficient (Wildman–Crippen LogP) is 0.763. The van der Waals surface area contributed by atoms with Crippen LogP contribution in [0.4, 0.5) is 11.5 Å². The predicted molar refractivity (Wildman–Crippen MR) is 60.2 cm³/mol. The fourth-order valence-electron chi connectivity index (χ4n) is 1.73. The van der Waals surface area contributed by atoms with Crippen LogP contribution in [0.25, 0.3) is 0 Å². The lowest BCUT2D eigenvalue weighted by Gasteiger charge is -2.33.